The molecule has 0 aromatic rings. The van der Waals surface area contributed by atoms with Crippen molar-refractivity contribution in [1.29, 1.82) is 0 Å². The van der Waals surface area contributed by atoms with Crippen molar-refractivity contribution < 1.29 is 28.8 Å². The molecule has 0 radical (unpaired) electrons. The van der Waals surface area contributed by atoms with Crippen LogP contribution in [0, 0.1) is 23.7 Å². The Labute approximate surface area is 221 Å². The van der Waals surface area contributed by atoms with Gasteiger partial charge < -0.3 is 24.1 Å². The smallest absolute Gasteiger partial charge is 0.175 e. The Bertz CT molecular complexity index is 670. The molecule has 0 saturated carbocycles. The summed E-state index contributed by atoms with van der Waals surface area (Å²) in [5, 5.41) is 11.6. The summed E-state index contributed by atoms with van der Waals surface area (Å²) in [5.74, 6) is 4.21. The molecule has 6 nitrogen and oxygen atoms in total. The summed E-state index contributed by atoms with van der Waals surface area (Å²) in [6.07, 6.45) is 2.00. The molecule has 6 atom stereocenters. The predicted molar refractivity (Wildman–Crippen MR) is 144 cm³/mol. The van der Waals surface area contributed by atoms with E-state index in [2.05, 4.69) is 13.8 Å². The third kappa shape index (κ3) is 5.65. The van der Waals surface area contributed by atoms with Gasteiger partial charge in [-0.05, 0) is 30.1 Å². The average Bonchev–Trinajstić information content (AvgIpc) is 3.34. The number of carbonyl (C=O) groups is 1. The molecule has 0 amide bonds. The normalized spacial score (nSPS) is 34.1. The van der Waals surface area contributed by atoms with E-state index in [1.165, 1.54) is 6.42 Å². The first kappa shape index (κ1) is 27.9. The number of carbonyl (C=O) groups excluding carboxylic acids is 1. The Hall–Kier alpha value is 0.870. The second kappa shape index (κ2) is 12.6. The lowest BCUT2D eigenvalue weighted by Crippen LogP contribution is -2.57. The Morgan fingerprint density at radius 1 is 1.09 bits per heavy atom. The van der Waals surface area contributed by atoms with Gasteiger partial charge in [0.1, 0.15) is 12.6 Å². The Morgan fingerprint density at radius 2 is 1.79 bits per heavy atom. The van der Waals surface area contributed by atoms with Crippen LogP contribution in [0.1, 0.15) is 33.1 Å². The molecular weight excluding hydrogens is 513 g/mol. The van der Waals surface area contributed by atoms with Gasteiger partial charge in [-0.15, -0.1) is 23.5 Å². The third-order valence-corrected chi connectivity index (χ3v) is 14.1. The molecular formula is C24H40O6S4. The van der Waals surface area contributed by atoms with Crippen molar-refractivity contribution in [1.82, 2.24) is 0 Å². The van der Waals surface area contributed by atoms with Gasteiger partial charge in [-0.2, -0.15) is 23.5 Å². The second-order valence-corrected chi connectivity index (χ2v) is 15.0. The van der Waals surface area contributed by atoms with Crippen LogP contribution in [0.4, 0.5) is 0 Å². The van der Waals surface area contributed by atoms with Gasteiger partial charge in [0.05, 0.1) is 41.3 Å². The Morgan fingerprint density at radius 3 is 2.47 bits per heavy atom. The van der Waals surface area contributed by atoms with E-state index in [4.69, 9.17) is 18.9 Å². The van der Waals surface area contributed by atoms with E-state index in [9.17, 15) is 9.90 Å². The van der Waals surface area contributed by atoms with Crippen molar-refractivity contribution in [3.63, 3.8) is 0 Å². The Balaban J connectivity index is 1.54. The number of methoxy groups -OCH3 is 1. The highest BCUT2D eigenvalue weighted by Gasteiger charge is 2.55. The van der Waals surface area contributed by atoms with E-state index >= 15 is 0 Å². The molecule has 1 spiro atoms. The number of thioether (sulfide) groups is 4. The van der Waals surface area contributed by atoms with Crippen LogP contribution in [0.3, 0.4) is 0 Å². The molecule has 10 heteroatoms. The zero-order valence-corrected chi connectivity index (χ0v) is 23.8. The first-order valence-corrected chi connectivity index (χ1v) is 16.8. The fourth-order valence-corrected chi connectivity index (χ4v) is 12.0. The zero-order chi connectivity index (χ0) is 24.2. The molecule has 4 fully saturated rings. The number of ketones is 1. The minimum atomic E-state index is -0.672. The lowest BCUT2D eigenvalue weighted by Gasteiger charge is -2.47. The van der Waals surface area contributed by atoms with Gasteiger partial charge in [0.25, 0.3) is 0 Å². The lowest BCUT2D eigenvalue weighted by molar-refractivity contribution is -0.234. The van der Waals surface area contributed by atoms with Crippen molar-refractivity contribution in [2.24, 2.45) is 23.7 Å². The molecule has 4 saturated heterocycles. The van der Waals surface area contributed by atoms with Gasteiger partial charge in [0.2, 0.25) is 0 Å². The van der Waals surface area contributed by atoms with Crippen molar-refractivity contribution in [3.05, 3.63) is 0 Å². The zero-order valence-electron chi connectivity index (χ0n) is 20.6. The van der Waals surface area contributed by atoms with Crippen LogP contribution < -0.4 is 0 Å². The number of ether oxygens (including phenoxy) is 4. The van der Waals surface area contributed by atoms with Gasteiger partial charge >= 0.3 is 0 Å². The minimum absolute atomic E-state index is 0.0168. The summed E-state index contributed by atoms with van der Waals surface area (Å²) in [6.45, 7) is 5.65. The molecule has 4 heterocycles. The molecule has 196 valence electrons. The van der Waals surface area contributed by atoms with Crippen molar-refractivity contribution >= 4 is 52.8 Å². The molecule has 4 rings (SSSR count). The quantitative estimate of drug-likeness (QED) is 0.424. The molecule has 0 aromatic heterocycles. The highest BCUT2D eigenvalue weighted by atomic mass is 32.2. The molecule has 0 aliphatic carbocycles. The van der Waals surface area contributed by atoms with Gasteiger partial charge in [-0.1, -0.05) is 13.8 Å². The number of Topliss-reactive ketones (excluding diaryl/α,β-unsaturated/α-hetero) is 1. The molecule has 1 N–H and O–H groups in total. The van der Waals surface area contributed by atoms with Crippen molar-refractivity contribution in [3.8, 4) is 0 Å². The van der Waals surface area contributed by atoms with Crippen LogP contribution in [0.5, 0.6) is 0 Å². The molecule has 34 heavy (non-hydrogen) atoms. The second-order valence-electron chi connectivity index (χ2n) is 9.63. The average molecular weight is 553 g/mol. The van der Waals surface area contributed by atoms with E-state index in [1.54, 1.807) is 18.9 Å². The number of hydrogen-bond donors (Lipinski definition) is 1. The maximum absolute atomic E-state index is 14.0. The summed E-state index contributed by atoms with van der Waals surface area (Å²) < 4.78 is 23.9. The summed E-state index contributed by atoms with van der Waals surface area (Å²) in [5.41, 5.74) is 0. The summed E-state index contributed by atoms with van der Waals surface area (Å²) in [6, 6.07) is 0. The van der Waals surface area contributed by atoms with Gasteiger partial charge in [0, 0.05) is 42.6 Å². The first-order chi connectivity index (χ1) is 16.5. The summed E-state index contributed by atoms with van der Waals surface area (Å²) in [4.78, 5) is 14.0. The number of aliphatic hydroxyl groups is 1. The maximum Gasteiger partial charge on any atom is 0.175 e. The Kier molecular flexibility index (Phi) is 10.3. The topological polar surface area (TPSA) is 74.2 Å². The van der Waals surface area contributed by atoms with Gasteiger partial charge in [-0.3, -0.25) is 4.79 Å². The molecule has 4 aliphatic rings. The van der Waals surface area contributed by atoms with E-state index < -0.39 is 11.9 Å². The fraction of sp³-hybridized carbons (Fsp3) is 0.958. The number of aliphatic hydroxyl groups excluding tert-OH is 1. The predicted octanol–water partition coefficient (Wildman–Crippen LogP) is 3.99. The van der Waals surface area contributed by atoms with Crippen molar-refractivity contribution in [2.75, 3.05) is 61.6 Å². The van der Waals surface area contributed by atoms with Gasteiger partial charge in [0.15, 0.2) is 5.79 Å². The van der Waals surface area contributed by atoms with Gasteiger partial charge in [-0.25, -0.2) is 0 Å². The van der Waals surface area contributed by atoms with Crippen LogP contribution in [0.2, 0.25) is 0 Å². The van der Waals surface area contributed by atoms with E-state index in [0.29, 0.717) is 24.7 Å². The third-order valence-electron chi connectivity index (χ3n) is 7.82. The van der Waals surface area contributed by atoms with E-state index in [0.717, 1.165) is 35.9 Å². The first-order valence-electron chi connectivity index (χ1n) is 12.5. The molecule has 0 bridgehead atoms. The van der Waals surface area contributed by atoms with Crippen LogP contribution in [0.25, 0.3) is 0 Å². The number of rotatable bonds is 9. The van der Waals surface area contributed by atoms with Crippen LogP contribution >= 0.6 is 47.0 Å². The lowest BCUT2D eigenvalue weighted by atomic mass is 9.77. The minimum Gasteiger partial charge on any atom is -0.392 e. The molecule has 0 unspecified atom stereocenters. The summed E-state index contributed by atoms with van der Waals surface area (Å²) in [7, 11) is 1.61. The van der Waals surface area contributed by atoms with Crippen LogP contribution in [-0.4, -0.2) is 94.6 Å². The fourth-order valence-electron chi connectivity index (χ4n) is 5.84. The number of hydrogen-bond acceptors (Lipinski definition) is 10. The van der Waals surface area contributed by atoms with Crippen LogP contribution in [-0.2, 0) is 23.7 Å². The highest BCUT2D eigenvalue weighted by molar-refractivity contribution is 8.18. The molecule has 0 aromatic carbocycles. The van der Waals surface area contributed by atoms with E-state index in [1.807, 2.05) is 35.3 Å². The standard InChI is InChI=1S/C24H40O6S4/c1-4-24(33-9-5-10-34-24)16(2)20(25)17-12-32-13-18(21(17)26)22(28-15-27-3)19-14-31-11-6-23(19)29-7-8-30-23/h16-20,22,25H,4-15H2,1-3H3/t16-,17-,18+,19+,20-,22-/m0/s1. The van der Waals surface area contributed by atoms with Crippen LogP contribution in [0.15, 0.2) is 0 Å². The largest absolute Gasteiger partial charge is 0.392 e. The van der Waals surface area contributed by atoms with E-state index in [-0.39, 0.29) is 46.4 Å². The van der Waals surface area contributed by atoms with Crippen molar-refractivity contribution in [2.45, 2.75) is 55.2 Å². The SMILES string of the molecule is CCC1([C@@H](C)[C@H](O)[C@@H]2CSC[C@@H]([C@H](OCOC)[C@H]3CSCCC34OCCO4)C2=O)SCCCS1. The molecule has 4 aliphatic heterocycles. The summed E-state index contributed by atoms with van der Waals surface area (Å²) >= 11 is 7.58. The highest BCUT2D eigenvalue weighted by Crippen LogP contribution is 2.52. The maximum atomic E-state index is 14.0. The monoisotopic (exact) mass is 552 g/mol.